The lowest BCUT2D eigenvalue weighted by Crippen LogP contribution is -1.92. The number of aromatic hydroxyl groups is 1. The molecule has 18 heavy (non-hydrogen) atoms. The normalized spacial score (nSPS) is 12.2. The molecule has 0 unspecified atom stereocenters. The first-order valence-corrected chi connectivity index (χ1v) is 5.41. The van der Waals surface area contributed by atoms with Gasteiger partial charge < -0.3 is 14.6 Å². The molecule has 3 rings (SSSR count). The highest BCUT2D eigenvalue weighted by molar-refractivity contribution is 5.74. The first-order valence-electron chi connectivity index (χ1n) is 5.41. The average molecular weight is 239 g/mol. The van der Waals surface area contributed by atoms with Gasteiger partial charge in [-0.05, 0) is 23.8 Å². The van der Waals surface area contributed by atoms with E-state index >= 15 is 0 Å². The Morgan fingerprint density at radius 2 is 1.72 bits per heavy atom. The van der Waals surface area contributed by atoms with Crippen molar-refractivity contribution in [3.8, 4) is 34.4 Å². The zero-order chi connectivity index (χ0) is 12.5. The van der Waals surface area contributed by atoms with Crippen LogP contribution in [0.5, 0.6) is 17.2 Å². The minimum atomic E-state index is 0.129. The zero-order valence-electron chi connectivity index (χ0n) is 9.38. The van der Waals surface area contributed by atoms with Gasteiger partial charge in [0.05, 0.1) is 11.6 Å². The van der Waals surface area contributed by atoms with Crippen molar-refractivity contribution >= 4 is 0 Å². The highest BCUT2D eigenvalue weighted by atomic mass is 16.7. The fourth-order valence-corrected chi connectivity index (χ4v) is 1.89. The Balaban J connectivity index is 2.08. The van der Waals surface area contributed by atoms with E-state index in [0.29, 0.717) is 22.6 Å². The van der Waals surface area contributed by atoms with E-state index in [1.807, 2.05) is 0 Å². The van der Waals surface area contributed by atoms with Crippen LogP contribution in [-0.4, -0.2) is 11.9 Å². The summed E-state index contributed by atoms with van der Waals surface area (Å²) in [7, 11) is 0. The molecule has 1 heterocycles. The number of nitriles is 1. The number of benzene rings is 2. The Morgan fingerprint density at radius 3 is 2.39 bits per heavy atom. The van der Waals surface area contributed by atoms with Crippen LogP contribution in [0.25, 0.3) is 11.1 Å². The molecule has 0 saturated heterocycles. The average Bonchev–Trinajstić information content (AvgIpc) is 2.85. The second-order valence-corrected chi connectivity index (χ2v) is 3.91. The summed E-state index contributed by atoms with van der Waals surface area (Å²) in [5.74, 6) is 1.29. The van der Waals surface area contributed by atoms with Crippen LogP contribution in [0.3, 0.4) is 0 Å². The van der Waals surface area contributed by atoms with Crippen LogP contribution >= 0.6 is 0 Å². The highest BCUT2D eigenvalue weighted by Gasteiger charge is 2.17. The number of nitrogens with zero attached hydrogens (tertiary/aromatic N) is 1. The summed E-state index contributed by atoms with van der Waals surface area (Å²) in [6, 6.07) is 12.3. The van der Waals surface area contributed by atoms with Crippen LogP contribution in [0.4, 0.5) is 0 Å². The fraction of sp³-hybridized carbons (Fsp3) is 0.0714. The second kappa shape index (κ2) is 3.97. The van der Waals surface area contributed by atoms with Crippen molar-refractivity contribution in [1.82, 2.24) is 0 Å². The van der Waals surface area contributed by atoms with E-state index < -0.39 is 0 Å². The van der Waals surface area contributed by atoms with Gasteiger partial charge in [-0.1, -0.05) is 12.1 Å². The number of phenolic OH excluding ortho intramolecular Hbond substituents is 1. The summed E-state index contributed by atoms with van der Waals surface area (Å²) >= 11 is 0. The zero-order valence-corrected chi connectivity index (χ0v) is 9.38. The van der Waals surface area contributed by atoms with E-state index in [2.05, 4.69) is 6.07 Å². The van der Waals surface area contributed by atoms with Crippen LogP contribution in [0.2, 0.25) is 0 Å². The predicted molar refractivity (Wildman–Crippen MR) is 64.4 cm³/mol. The Labute approximate surface area is 104 Å². The van der Waals surface area contributed by atoms with Crippen molar-refractivity contribution in [2.75, 3.05) is 6.79 Å². The van der Waals surface area contributed by atoms with Gasteiger partial charge in [0.1, 0.15) is 5.75 Å². The van der Waals surface area contributed by atoms with Crippen LogP contribution in [0.15, 0.2) is 36.4 Å². The van der Waals surface area contributed by atoms with Gasteiger partial charge in [0.2, 0.25) is 6.79 Å². The Kier molecular flexibility index (Phi) is 2.31. The van der Waals surface area contributed by atoms with Crippen molar-refractivity contribution in [3.05, 3.63) is 42.0 Å². The standard InChI is InChI=1S/C14H9NO3/c15-7-9-1-3-10(4-2-9)11-5-13-14(6-12(11)16)18-8-17-13/h1-6,16H,8H2. The Morgan fingerprint density at radius 1 is 1.06 bits per heavy atom. The topological polar surface area (TPSA) is 62.5 Å². The maximum absolute atomic E-state index is 9.95. The molecule has 0 saturated carbocycles. The first kappa shape index (κ1) is 10.5. The summed E-state index contributed by atoms with van der Waals surface area (Å²) in [5.41, 5.74) is 2.06. The number of rotatable bonds is 1. The van der Waals surface area contributed by atoms with E-state index in [4.69, 9.17) is 14.7 Å². The van der Waals surface area contributed by atoms with Gasteiger partial charge in [0, 0.05) is 11.6 Å². The minimum absolute atomic E-state index is 0.129. The summed E-state index contributed by atoms with van der Waals surface area (Å²) in [6.45, 7) is 0.172. The van der Waals surface area contributed by atoms with E-state index in [9.17, 15) is 5.11 Å². The molecule has 0 atom stereocenters. The van der Waals surface area contributed by atoms with Crippen molar-refractivity contribution in [3.63, 3.8) is 0 Å². The van der Waals surface area contributed by atoms with Crippen molar-refractivity contribution in [1.29, 1.82) is 5.26 Å². The molecule has 0 amide bonds. The molecule has 0 aromatic heterocycles. The predicted octanol–water partition coefficient (Wildman–Crippen LogP) is 2.66. The van der Waals surface area contributed by atoms with Gasteiger partial charge in [-0.2, -0.15) is 5.26 Å². The molecular weight excluding hydrogens is 230 g/mol. The molecule has 4 nitrogen and oxygen atoms in total. The number of hydrogen-bond donors (Lipinski definition) is 1. The van der Waals surface area contributed by atoms with Gasteiger partial charge in [-0.25, -0.2) is 0 Å². The Bertz CT molecular complexity index is 641. The largest absolute Gasteiger partial charge is 0.507 e. The summed E-state index contributed by atoms with van der Waals surface area (Å²) < 4.78 is 10.5. The molecule has 0 bridgehead atoms. The molecule has 2 aromatic carbocycles. The molecule has 0 radical (unpaired) electrons. The summed E-state index contributed by atoms with van der Waals surface area (Å²) in [6.07, 6.45) is 0. The van der Waals surface area contributed by atoms with E-state index in [1.54, 1.807) is 30.3 Å². The third-order valence-corrected chi connectivity index (χ3v) is 2.82. The molecule has 2 aromatic rings. The molecule has 0 fully saturated rings. The highest BCUT2D eigenvalue weighted by Crippen LogP contribution is 2.41. The SMILES string of the molecule is N#Cc1ccc(-c2cc3c(cc2O)OCO3)cc1. The molecule has 0 spiro atoms. The quantitative estimate of drug-likeness (QED) is 0.831. The maximum atomic E-state index is 9.95. The van der Waals surface area contributed by atoms with Gasteiger partial charge >= 0.3 is 0 Å². The smallest absolute Gasteiger partial charge is 0.231 e. The molecule has 1 N–H and O–H groups in total. The third-order valence-electron chi connectivity index (χ3n) is 2.82. The van der Waals surface area contributed by atoms with E-state index in [-0.39, 0.29) is 12.5 Å². The van der Waals surface area contributed by atoms with Gasteiger partial charge in [0.25, 0.3) is 0 Å². The monoisotopic (exact) mass is 239 g/mol. The van der Waals surface area contributed by atoms with Gasteiger partial charge in [0.15, 0.2) is 11.5 Å². The second-order valence-electron chi connectivity index (χ2n) is 3.91. The van der Waals surface area contributed by atoms with Crippen molar-refractivity contribution in [2.24, 2.45) is 0 Å². The van der Waals surface area contributed by atoms with Crippen LogP contribution < -0.4 is 9.47 Å². The molecule has 1 aliphatic rings. The summed E-state index contributed by atoms with van der Waals surface area (Å²) in [5, 5.41) is 18.7. The Hall–Kier alpha value is -2.67. The molecular formula is C14H9NO3. The van der Waals surface area contributed by atoms with Crippen LogP contribution in [-0.2, 0) is 0 Å². The fourth-order valence-electron chi connectivity index (χ4n) is 1.89. The minimum Gasteiger partial charge on any atom is -0.507 e. The van der Waals surface area contributed by atoms with E-state index in [1.165, 1.54) is 6.07 Å². The molecule has 0 aliphatic carbocycles. The lowest BCUT2D eigenvalue weighted by atomic mass is 10.0. The van der Waals surface area contributed by atoms with Crippen molar-refractivity contribution in [2.45, 2.75) is 0 Å². The summed E-state index contributed by atoms with van der Waals surface area (Å²) in [4.78, 5) is 0. The van der Waals surface area contributed by atoms with Crippen LogP contribution in [0.1, 0.15) is 5.56 Å². The van der Waals surface area contributed by atoms with Crippen molar-refractivity contribution < 1.29 is 14.6 Å². The molecule has 88 valence electrons. The lowest BCUT2D eigenvalue weighted by Gasteiger charge is -2.06. The molecule has 4 heteroatoms. The van der Waals surface area contributed by atoms with Gasteiger partial charge in [-0.3, -0.25) is 0 Å². The third kappa shape index (κ3) is 1.62. The number of fused-ring (bicyclic) bond motifs is 1. The van der Waals surface area contributed by atoms with Crippen LogP contribution in [0, 0.1) is 11.3 Å². The lowest BCUT2D eigenvalue weighted by molar-refractivity contribution is 0.174. The first-order chi connectivity index (χ1) is 8.78. The van der Waals surface area contributed by atoms with E-state index in [0.717, 1.165) is 5.56 Å². The number of phenols is 1. The van der Waals surface area contributed by atoms with Gasteiger partial charge in [-0.15, -0.1) is 0 Å². The number of hydrogen-bond acceptors (Lipinski definition) is 4. The maximum Gasteiger partial charge on any atom is 0.231 e. The number of ether oxygens (including phenoxy) is 2. The molecule has 1 aliphatic heterocycles.